The molecular weight excluding hydrogens is 244 g/mol. The van der Waals surface area contributed by atoms with Gasteiger partial charge in [0, 0.05) is 20.1 Å². The van der Waals surface area contributed by atoms with Crippen LogP contribution in [0.1, 0.15) is 6.92 Å². The summed E-state index contributed by atoms with van der Waals surface area (Å²) in [6.45, 7) is 3.66. The Bertz CT molecular complexity index is 458. The quantitative estimate of drug-likeness (QED) is 0.863. The van der Waals surface area contributed by atoms with Crippen molar-refractivity contribution in [2.45, 2.75) is 12.5 Å². The Morgan fingerprint density at radius 1 is 1.42 bits per heavy atom. The van der Waals surface area contributed by atoms with Gasteiger partial charge in [0.25, 0.3) is 5.91 Å². The molecule has 1 aliphatic heterocycles. The molecule has 1 fully saturated rings. The Balaban J connectivity index is 1.98. The fourth-order valence-corrected chi connectivity index (χ4v) is 1.95. The van der Waals surface area contributed by atoms with Crippen molar-refractivity contribution >= 4 is 11.6 Å². The molecule has 104 valence electrons. The number of ether oxygens (including phenoxy) is 2. The molecule has 1 aliphatic rings. The summed E-state index contributed by atoms with van der Waals surface area (Å²) >= 11 is 0. The van der Waals surface area contributed by atoms with Crippen LogP contribution in [0, 0.1) is 0 Å². The molecule has 1 amide bonds. The van der Waals surface area contributed by atoms with E-state index in [9.17, 15) is 4.79 Å². The minimum absolute atomic E-state index is 0.0761. The maximum Gasteiger partial charge on any atom is 0.252 e. The zero-order valence-corrected chi connectivity index (χ0v) is 11.6. The number of nitrogens with zero attached hydrogens (tertiary/aromatic N) is 1. The number of likely N-dealkylation sites (N-methyl/N-ethyl adjacent to an activating group) is 1. The summed E-state index contributed by atoms with van der Waals surface area (Å²) in [6.07, 6.45) is 0. The maximum atomic E-state index is 12.1. The van der Waals surface area contributed by atoms with Gasteiger partial charge in [0.15, 0.2) is 0 Å². The molecule has 1 aromatic carbocycles. The van der Waals surface area contributed by atoms with Crippen LogP contribution >= 0.6 is 0 Å². The van der Waals surface area contributed by atoms with E-state index in [1.807, 2.05) is 31.2 Å². The van der Waals surface area contributed by atoms with Crippen LogP contribution in [0.4, 0.5) is 5.69 Å². The average molecular weight is 264 g/mol. The number of hydrogen-bond donors (Lipinski definition) is 1. The minimum atomic E-state index is -0.211. The van der Waals surface area contributed by atoms with E-state index >= 15 is 0 Å². The SMILES string of the molecule is COc1ccccc1N(C)C(=O)COC1(C)CNC1. The lowest BCUT2D eigenvalue weighted by molar-refractivity contribution is -0.133. The molecule has 0 radical (unpaired) electrons. The van der Waals surface area contributed by atoms with E-state index in [-0.39, 0.29) is 18.1 Å². The number of anilines is 1. The molecule has 0 spiro atoms. The van der Waals surface area contributed by atoms with Crippen molar-refractivity contribution < 1.29 is 14.3 Å². The topological polar surface area (TPSA) is 50.8 Å². The summed E-state index contributed by atoms with van der Waals surface area (Å²) in [5, 5.41) is 3.13. The maximum absolute atomic E-state index is 12.1. The summed E-state index contributed by atoms with van der Waals surface area (Å²) in [4.78, 5) is 13.7. The predicted octanol–water partition coefficient (Wildman–Crippen LogP) is 1.04. The second kappa shape index (κ2) is 5.59. The number of methoxy groups -OCH3 is 1. The van der Waals surface area contributed by atoms with Crippen LogP contribution in [-0.4, -0.2) is 45.4 Å². The normalized spacial score (nSPS) is 16.6. The Hall–Kier alpha value is -1.59. The molecule has 0 aliphatic carbocycles. The molecular formula is C14H20N2O3. The van der Waals surface area contributed by atoms with Crippen LogP contribution in [0.3, 0.4) is 0 Å². The molecule has 0 aromatic heterocycles. The van der Waals surface area contributed by atoms with E-state index in [0.29, 0.717) is 5.75 Å². The van der Waals surface area contributed by atoms with Gasteiger partial charge in [0.05, 0.1) is 18.4 Å². The molecule has 0 unspecified atom stereocenters. The highest BCUT2D eigenvalue weighted by atomic mass is 16.5. The first-order valence-corrected chi connectivity index (χ1v) is 6.30. The van der Waals surface area contributed by atoms with Crippen molar-refractivity contribution in [3.05, 3.63) is 24.3 Å². The van der Waals surface area contributed by atoms with Crippen LogP contribution in [0.25, 0.3) is 0 Å². The first-order chi connectivity index (χ1) is 9.06. The summed E-state index contributed by atoms with van der Waals surface area (Å²) in [5.41, 5.74) is 0.535. The number of benzene rings is 1. The summed E-state index contributed by atoms with van der Waals surface area (Å²) < 4.78 is 10.9. The standard InChI is InChI=1S/C14H20N2O3/c1-14(9-15-10-14)19-8-13(17)16(2)11-6-4-5-7-12(11)18-3/h4-7,15H,8-10H2,1-3H3. The molecule has 1 N–H and O–H groups in total. The van der Waals surface area contributed by atoms with Crippen LogP contribution in [0.2, 0.25) is 0 Å². The summed E-state index contributed by atoms with van der Waals surface area (Å²) in [6, 6.07) is 7.43. The Kier molecular flexibility index (Phi) is 4.07. The molecule has 5 nitrogen and oxygen atoms in total. The van der Waals surface area contributed by atoms with Crippen molar-refractivity contribution in [2.75, 3.05) is 38.8 Å². The lowest BCUT2D eigenvalue weighted by atomic mass is 10.0. The molecule has 0 bridgehead atoms. The van der Waals surface area contributed by atoms with Gasteiger partial charge in [-0.05, 0) is 19.1 Å². The highest BCUT2D eigenvalue weighted by molar-refractivity contribution is 5.95. The van der Waals surface area contributed by atoms with Crippen LogP contribution in [-0.2, 0) is 9.53 Å². The number of hydrogen-bond acceptors (Lipinski definition) is 4. The molecule has 19 heavy (non-hydrogen) atoms. The number of amides is 1. The van der Waals surface area contributed by atoms with Gasteiger partial charge in [-0.3, -0.25) is 4.79 Å². The highest BCUT2D eigenvalue weighted by Gasteiger charge is 2.33. The van der Waals surface area contributed by atoms with Gasteiger partial charge >= 0.3 is 0 Å². The second-order valence-electron chi connectivity index (χ2n) is 4.97. The van der Waals surface area contributed by atoms with Gasteiger partial charge in [-0.2, -0.15) is 0 Å². The molecule has 1 aromatic rings. The van der Waals surface area contributed by atoms with Crippen molar-refractivity contribution in [3.63, 3.8) is 0 Å². The van der Waals surface area contributed by atoms with E-state index in [0.717, 1.165) is 18.8 Å². The summed E-state index contributed by atoms with van der Waals surface area (Å²) in [5.74, 6) is 0.590. The van der Waals surface area contributed by atoms with Gasteiger partial charge in [0.2, 0.25) is 0 Å². The second-order valence-corrected chi connectivity index (χ2v) is 4.97. The lowest BCUT2D eigenvalue weighted by Crippen LogP contribution is -2.59. The van der Waals surface area contributed by atoms with Crippen molar-refractivity contribution in [1.82, 2.24) is 5.32 Å². The van der Waals surface area contributed by atoms with Gasteiger partial charge in [-0.1, -0.05) is 12.1 Å². The third-order valence-electron chi connectivity index (χ3n) is 3.36. The number of carbonyl (C=O) groups excluding carboxylic acids is 1. The number of para-hydroxylation sites is 2. The smallest absolute Gasteiger partial charge is 0.252 e. The molecule has 1 saturated heterocycles. The molecule has 1 heterocycles. The third-order valence-corrected chi connectivity index (χ3v) is 3.36. The van der Waals surface area contributed by atoms with Gasteiger partial charge in [-0.15, -0.1) is 0 Å². The lowest BCUT2D eigenvalue weighted by Gasteiger charge is -2.39. The van der Waals surface area contributed by atoms with Crippen molar-refractivity contribution in [1.29, 1.82) is 0 Å². The largest absolute Gasteiger partial charge is 0.495 e. The number of rotatable bonds is 5. The first-order valence-electron chi connectivity index (χ1n) is 6.30. The predicted molar refractivity (Wildman–Crippen MR) is 73.6 cm³/mol. The van der Waals surface area contributed by atoms with Crippen molar-refractivity contribution in [2.24, 2.45) is 0 Å². The molecule has 0 atom stereocenters. The third kappa shape index (κ3) is 3.05. The average Bonchev–Trinajstić information content (AvgIpc) is 2.41. The highest BCUT2D eigenvalue weighted by Crippen LogP contribution is 2.26. The van der Waals surface area contributed by atoms with Crippen LogP contribution in [0.5, 0.6) is 5.75 Å². The van der Waals surface area contributed by atoms with Gasteiger partial charge < -0.3 is 19.7 Å². The monoisotopic (exact) mass is 264 g/mol. The fraction of sp³-hybridized carbons (Fsp3) is 0.500. The van der Waals surface area contributed by atoms with E-state index < -0.39 is 0 Å². The zero-order chi connectivity index (χ0) is 13.9. The van der Waals surface area contributed by atoms with Gasteiger partial charge in [0.1, 0.15) is 12.4 Å². The van der Waals surface area contributed by atoms with Crippen LogP contribution < -0.4 is 15.0 Å². The molecule has 0 saturated carbocycles. The van der Waals surface area contributed by atoms with Gasteiger partial charge in [-0.25, -0.2) is 0 Å². The van der Waals surface area contributed by atoms with E-state index in [2.05, 4.69) is 5.32 Å². The van der Waals surface area contributed by atoms with E-state index in [1.165, 1.54) is 0 Å². The minimum Gasteiger partial charge on any atom is -0.495 e. The molecule has 2 rings (SSSR count). The van der Waals surface area contributed by atoms with E-state index in [4.69, 9.17) is 9.47 Å². The number of carbonyl (C=O) groups is 1. The Morgan fingerprint density at radius 3 is 2.68 bits per heavy atom. The van der Waals surface area contributed by atoms with E-state index in [1.54, 1.807) is 19.1 Å². The Morgan fingerprint density at radius 2 is 2.11 bits per heavy atom. The zero-order valence-electron chi connectivity index (χ0n) is 11.6. The molecule has 5 heteroatoms. The summed E-state index contributed by atoms with van der Waals surface area (Å²) in [7, 11) is 3.32. The van der Waals surface area contributed by atoms with Crippen molar-refractivity contribution in [3.8, 4) is 5.75 Å². The van der Waals surface area contributed by atoms with Crippen LogP contribution in [0.15, 0.2) is 24.3 Å². The fourth-order valence-electron chi connectivity index (χ4n) is 1.95. The number of nitrogens with one attached hydrogen (secondary N) is 1. The first kappa shape index (κ1) is 13.8. The Labute approximate surface area is 113 Å².